The minimum Gasteiger partial charge on any atom is -0.329 e. The SMILES string of the molecule is CCCCN(C)C1(CN)CCN(C)C(C)C1. The molecule has 1 heterocycles. The lowest BCUT2D eigenvalue weighted by molar-refractivity contribution is 0.0262. The molecule has 1 aliphatic heterocycles. The number of hydrogen-bond donors (Lipinski definition) is 1. The Bertz CT molecular complexity index is 207. The second-order valence-electron chi connectivity index (χ2n) is 5.49. The van der Waals surface area contributed by atoms with E-state index in [4.69, 9.17) is 5.73 Å². The zero-order valence-corrected chi connectivity index (χ0v) is 11.5. The molecule has 1 saturated heterocycles. The van der Waals surface area contributed by atoms with Gasteiger partial charge >= 0.3 is 0 Å². The zero-order valence-electron chi connectivity index (χ0n) is 11.5. The van der Waals surface area contributed by atoms with Gasteiger partial charge in [0.2, 0.25) is 0 Å². The Hall–Kier alpha value is -0.120. The van der Waals surface area contributed by atoms with E-state index in [1.54, 1.807) is 0 Å². The maximum absolute atomic E-state index is 6.06. The van der Waals surface area contributed by atoms with Crippen LogP contribution < -0.4 is 5.73 Å². The molecule has 2 atom stereocenters. The van der Waals surface area contributed by atoms with Crippen LogP contribution in [0.5, 0.6) is 0 Å². The number of likely N-dealkylation sites (N-methyl/N-ethyl adjacent to an activating group) is 1. The third-order valence-corrected chi connectivity index (χ3v) is 4.39. The summed E-state index contributed by atoms with van der Waals surface area (Å²) in [5.41, 5.74) is 6.31. The molecule has 0 aliphatic carbocycles. The summed E-state index contributed by atoms with van der Waals surface area (Å²) >= 11 is 0. The van der Waals surface area contributed by atoms with Crippen molar-refractivity contribution in [2.45, 2.75) is 51.1 Å². The van der Waals surface area contributed by atoms with Crippen molar-refractivity contribution >= 4 is 0 Å². The smallest absolute Gasteiger partial charge is 0.0355 e. The molecule has 3 heteroatoms. The van der Waals surface area contributed by atoms with Crippen LogP contribution in [0.2, 0.25) is 0 Å². The molecule has 1 aliphatic rings. The predicted molar refractivity (Wildman–Crippen MR) is 70.6 cm³/mol. The number of hydrogen-bond acceptors (Lipinski definition) is 3. The van der Waals surface area contributed by atoms with Crippen LogP contribution >= 0.6 is 0 Å². The average Bonchev–Trinajstić information content (AvgIpc) is 2.29. The van der Waals surface area contributed by atoms with Crippen molar-refractivity contribution in [1.29, 1.82) is 0 Å². The lowest BCUT2D eigenvalue weighted by Crippen LogP contribution is -2.60. The van der Waals surface area contributed by atoms with Gasteiger partial charge in [0.25, 0.3) is 0 Å². The summed E-state index contributed by atoms with van der Waals surface area (Å²) in [7, 11) is 4.47. The van der Waals surface area contributed by atoms with Gasteiger partial charge in [0.15, 0.2) is 0 Å². The second-order valence-corrected chi connectivity index (χ2v) is 5.49. The second kappa shape index (κ2) is 5.99. The Morgan fingerprint density at radius 2 is 2.19 bits per heavy atom. The topological polar surface area (TPSA) is 32.5 Å². The van der Waals surface area contributed by atoms with E-state index in [0.29, 0.717) is 6.04 Å². The fourth-order valence-corrected chi connectivity index (χ4v) is 2.73. The fourth-order valence-electron chi connectivity index (χ4n) is 2.73. The molecule has 1 rings (SSSR count). The molecule has 0 bridgehead atoms. The van der Waals surface area contributed by atoms with Crippen LogP contribution in [0.1, 0.15) is 39.5 Å². The van der Waals surface area contributed by atoms with Crippen LogP contribution in [0.4, 0.5) is 0 Å². The molecule has 1 fully saturated rings. The normalized spacial score (nSPS) is 32.2. The number of nitrogens with zero attached hydrogens (tertiary/aromatic N) is 2. The van der Waals surface area contributed by atoms with E-state index in [-0.39, 0.29) is 5.54 Å². The van der Waals surface area contributed by atoms with Crippen LogP contribution in [0.15, 0.2) is 0 Å². The zero-order chi connectivity index (χ0) is 12.2. The Balaban J connectivity index is 2.62. The minimum atomic E-state index is 0.251. The van der Waals surface area contributed by atoms with Gasteiger partial charge in [0.05, 0.1) is 0 Å². The Kier molecular flexibility index (Phi) is 5.22. The van der Waals surface area contributed by atoms with Gasteiger partial charge in [0, 0.05) is 18.1 Å². The van der Waals surface area contributed by atoms with Crippen LogP contribution in [0, 0.1) is 0 Å². The van der Waals surface area contributed by atoms with E-state index < -0.39 is 0 Å². The third kappa shape index (κ3) is 2.96. The largest absolute Gasteiger partial charge is 0.329 e. The lowest BCUT2D eigenvalue weighted by Gasteiger charge is -2.49. The maximum Gasteiger partial charge on any atom is 0.0355 e. The van der Waals surface area contributed by atoms with E-state index in [1.807, 2.05) is 0 Å². The molecule has 0 aromatic carbocycles. The van der Waals surface area contributed by atoms with E-state index in [1.165, 1.54) is 38.8 Å². The summed E-state index contributed by atoms with van der Waals surface area (Å²) in [4.78, 5) is 4.96. The monoisotopic (exact) mass is 227 g/mol. The highest BCUT2D eigenvalue weighted by molar-refractivity contribution is 4.97. The van der Waals surface area contributed by atoms with Gasteiger partial charge < -0.3 is 10.6 Å². The summed E-state index contributed by atoms with van der Waals surface area (Å²) in [5, 5.41) is 0. The van der Waals surface area contributed by atoms with Crippen LogP contribution in [-0.2, 0) is 0 Å². The van der Waals surface area contributed by atoms with Crippen molar-refractivity contribution in [1.82, 2.24) is 9.80 Å². The maximum atomic E-state index is 6.06. The molecule has 3 nitrogen and oxygen atoms in total. The Morgan fingerprint density at radius 1 is 1.50 bits per heavy atom. The van der Waals surface area contributed by atoms with Crippen molar-refractivity contribution in [3.05, 3.63) is 0 Å². The molecule has 2 unspecified atom stereocenters. The molecule has 2 N–H and O–H groups in total. The van der Waals surface area contributed by atoms with Crippen LogP contribution in [0.3, 0.4) is 0 Å². The lowest BCUT2D eigenvalue weighted by atomic mass is 9.82. The number of likely N-dealkylation sites (tertiary alicyclic amines) is 1. The van der Waals surface area contributed by atoms with Crippen molar-refractivity contribution in [3.8, 4) is 0 Å². The van der Waals surface area contributed by atoms with Gasteiger partial charge in [-0.05, 0) is 53.4 Å². The first-order valence-corrected chi connectivity index (χ1v) is 6.67. The van der Waals surface area contributed by atoms with Crippen molar-refractivity contribution in [2.75, 3.05) is 33.7 Å². The Morgan fingerprint density at radius 3 is 2.69 bits per heavy atom. The number of rotatable bonds is 5. The number of nitrogens with two attached hydrogens (primary N) is 1. The van der Waals surface area contributed by atoms with Gasteiger partial charge in [0.1, 0.15) is 0 Å². The van der Waals surface area contributed by atoms with Gasteiger partial charge in [-0.3, -0.25) is 4.90 Å². The van der Waals surface area contributed by atoms with E-state index in [2.05, 4.69) is 37.7 Å². The molecule has 0 amide bonds. The highest BCUT2D eigenvalue weighted by Crippen LogP contribution is 2.30. The molecule has 0 saturated carbocycles. The highest BCUT2D eigenvalue weighted by atomic mass is 15.2. The molecule has 0 radical (unpaired) electrons. The Labute approximate surface area is 101 Å². The molecular weight excluding hydrogens is 198 g/mol. The number of piperidine rings is 1. The highest BCUT2D eigenvalue weighted by Gasteiger charge is 2.38. The predicted octanol–water partition coefficient (Wildman–Crippen LogP) is 1.53. The van der Waals surface area contributed by atoms with E-state index in [0.717, 1.165) is 6.54 Å². The molecular formula is C13H29N3. The van der Waals surface area contributed by atoms with Gasteiger partial charge in [-0.15, -0.1) is 0 Å². The first-order valence-electron chi connectivity index (χ1n) is 6.67. The first-order chi connectivity index (χ1) is 7.55. The van der Waals surface area contributed by atoms with Crippen LogP contribution in [0.25, 0.3) is 0 Å². The van der Waals surface area contributed by atoms with Crippen molar-refractivity contribution in [3.63, 3.8) is 0 Å². The van der Waals surface area contributed by atoms with E-state index in [9.17, 15) is 0 Å². The van der Waals surface area contributed by atoms with Gasteiger partial charge in [-0.2, -0.15) is 0 Å². The standard InChI is InChI=1S/C13H29N3/c1-5-6-8-16(4)13(11-14)7-9-15(3)12(2)10-13/h12H,5-11,14H2,1-4H3. The molecule has 96 valence electrons. The van der Waals surface area contributed by atoms with Crippen molar-refractivity contribution < 1.29 is 0 Å². The van der Waals surface area contributed by atoms with Crippen LogP contribution in [-0.4, -0.2) is 55.1 Å². The summed E-state index contributed by atoms with van der Waals surface area (Å²) in [6, 6.07) is 0.654. The summed E-state index contributed by atoms with van der Waals surface area (Å²) < 4.78 is 0. The quantitative estimate of drug-likeness (QED) is 0.773. The van der Waals surface area contributed by atoms with Gasteiger partial charge in [-0.1, -0.05) is 13.3 Å². The molecule has 0 spiro atoms. The summed E-state index contributed by atoms with van der Waals surface area (Å²) in [5.74, 6) is 0. The van der Waals surface area contributed by atoms with Gasteiger partial charge in [-0.25, -0.2) is 0 Å². The minimum absolute atomic E-state index is 0.251. The summed E-state index contributed by atoms with van der Waals surface area (Å²) in [6.07, 6.45) is 4.97. The summed E-state index contributed by atoms with van der Waals surface area (Å²) in [6.45, 7) is 7.72. The van der Waals surface area contributed by atoms with Crippen molar-refractivity contribution in [2.24, 2.45) is 5.73 Å². The molecule has 0 aromatic rings. The third-order valence-electron chi connectivity index (χ3n) is 4.39. The average molecular weight is 227 g/mol. The van der Waals surface area contributed by atoms with E-state index >= 15 is 0 Å². The first kappa shape index (κ1) is 13.9. The fraction of sp³-hybridized carbons (Fsp3) is 1.00. The number of unbranched alkanes of at least 4 members (excludes halogenated alkanes) is 1. The molecule has 16 heavy (non-hydrogen) atoms. The molecule has 0 aromatic heterocycles.